The lowest BCUT2D eigenvalue weighted by Gasteiger charge is -2.25. The summed E-state index contributed by atoms with van der Waals surface area (Å²) in [5.74, 6) is -3.34. The minimum atomic E-state index is -1.19. The van der Waals surface area contributed by atoms with Crippen LogP contribution in [0.3, 0.4) is 0 Å². The van der Waals surface area contributed by atoms with Crippen molar-refractivity contribution in [1.29, 1.82) is 0 Å². The zero-order valence-corrected chi connectivity index (χ0v) is 22.5. The monoisotopic (exact) mass is 553 g/mol. The molecule has 1 rings (SSSR count). The van der Waals surface area contributed by atoms with Crippen LogP contribution in [0.4, 0.5) is 0 Å². The number of phenolic OH excluding ortho intramolecular Hbond substituents is 1. The molecule has 0 aliphatic heterocycles. The van der Waals surface area contributed by atoms with Gasteiger partial charge in [-0.3, -0.25) is 19.4 Å². The van der Waals surface area contributed by atoms with Gasteiger partial charge >= 0.3 is 5.97 Å². The quantitative estimate of drug-likeness (QED) is 0.0518. The molecule has 0 aliphatic carbocycles. The Kier molecular flexibility index (Phi) is 14.0. The molecule has 4 atom stereocenters. The smallest absolute Gasteiger partial charge is 0.326 e. The van der Waals surface area contributed by atoms with Crippen LogP contribution in [0.1, 0.15) is 38.7 Å². The van der Waals surface area contributed by atoms with Gasteiger partial charge in [0.25, 0.3) is 0 Å². The molecule has 0 aromatic heterocycles. The first-order valence-electron chi connectivity index (χ1n) is 12.2. The van der Waals surface area contributed by atoms with E-state index in [-0.39, 0.29) is 49.2 Å². The zero-order chi connectivity index (χ0) is 28.8. The number of thiol groups is 1. The van der Waals surface area contributed by atoms with Gasteiger partial charge in [-0.1, -0.05) is 26.0 Å². The normalized spacial score (nSPS) is 14.0. The fraction of sp³-hybridized carbons (Fsp3) is 0.542. The van der Waals surface area contributed by atoms with Gasteiger partial charge in [-0.15, -0.1) is 0 Å². The van der Waals surface area contributed by atoms with E-state index in [1.165, 1.54) is 12.1 Å². The highest BCUT2D eigenvalue weighted by Gasteiger charge is 2.30. The van der Waals surface area contributed by atoms with Crippen LogP contribution in [0, 0.1) is 5.92 Å². The van der Waals surface area contributed by atoms with E-state index in [4.69, 9.17) is 17.2 Å². The number of carbonyl (C=O) groups excluding carboxylic acids is 3. The van der Waals surface area contributed by atoms with Gasteiger partial charge in [-0.05, 0) is 42.9 Å². The largest absolute Gasteiger partial charge is 0.508 e. The number of aromatic hydroxyl groups is 1. The lowest BCUT2D eigenvalue weighted by molar-refractivity contribution is -0.142. The number of aliphatic imine (C=N–C) groups is 1. The van der Waals surface area contributed by atoms with Gasteiger partial charge in [-0.25, -0.2) is 4.79 Å². The van der Waals surface area contributed by atoms with Crippen LogP contribution >= 0.6 is 12.6 Å². The summed E-state index contributed by atoms with van der Waals surface area (Å²) in [5.41, 5.74) is 17.2. The van der Waals surface area contributed by atoms with Crippen molar-refractivity contribution >= 4 is 42.3 Å². The minimum Gasteiger partial charge on any atom is -0.508 e. The summed E-state index contributed by atoms with van der Waals surface area (Å²) in [6.07, 6.45) is 0.925. The first-order valence-corrected chi connectivity index (χ1v) is 12.8. The summed E-state index contributed by atoms with van der Waals surface area (Å²) in [6, 6.07) is 1.68. The lowest BCUT2D eigenvalue weighted by atomic mass is 10.0. The molecular formula is C24H39N7O6S. The second-order valence-corrected chi connectivity index (χ2v) is 9.62. The number of guanidine groups is 1. The van der Waals surface area contributed by atoms with Gasteiger partial charge < -0.3 is 43.4 Å². The lowest BCUT2D eigenvalue weighted by Crippen LogP contribution is -2.58. The topological polar surface area (TPSA) is 235 Å². The maximum absolute atomic E-state index is 13.2. The molecule has 0 fully saturated rings. The summed E-state index contributed by atoms with van der Waals surface area (Å²) in [6.45, 7) is 3.93. The third kappa shape index (κ3) is 12.1. The van der Waals surface area contributed by atoms with Crippen molar-refractivity contribution in [2.45, 2.75) is 63.7 Å². The van der Waals surface area contributed by atoms with E-state index in [2.05, 4.69) is 33.6 Å². The molecule has 212 valence electrons. The first-order chi connectivity index (χ1) is 17.8. The maximum atomic E-state index is 13.2. The Morgan fingerprint density at radius 3 is 2.03 bits per heavy atom. The molecule has 4 unspecified atom stereocenters. The van der Waals surface area contributed by atoms with Crippen LogP contribution in [0.15, 0.2) is 29.3 Å². The number of rotatable bonds is 16. The molecular weight excluding hydrogens is 514 g/mol. The molecule has 11 N–H and O–H groups in total. The average Bonchev–Trinajstić information content (AvgIpc) is 2.84. The van der Waals surface area contributed by atoms with Gasteiger partial charge in [0.1, 0.15) is 23.9 Å². The number of nitrogens with one attached hydrogen (secondary N) is 3. The summed E-state index contributed by atoms with van der Waals surface area (Å²) < 4.78 is 0. The number of carboxylic acid groups (broad SMARTS) is 1. The highest BCUT2D eigenvalue weighted by atomic mass is 32.1. The second-order valence-electron chi connectivity index (χ2n) is 9.26. The Bertz CT molecular complexity index is 970. The standard InChI is InChI=1S/C24H39N7O6S/c1-13(2)10-18(23(36)37)30-22(35)19(12-38)31-21(34)17(11-14-5-7-15(32)8-6-14)29-20(33)16(25)4-3-9-28-24(26)27/h5-8,13,16-19,32,38H,3-4,9-12,25H2,1-2H3,(H,29,33)(H,30,35)(H,31,34)(H,36,37)(H4,26,27,28). The number of amides is 3. The summed E-state index contributed by atoms with van der Waals surface area (Å²) >= 11 is 4.13. The number of carbonyl (C=O) groups is 4. The highest BCUT2D eigenvalue weighted by molar-refractivity contribution is 7.80. The second kappa shape index (κ2) is 16.3. The highest BCUT2D eigenvalue weighted by Crippen LogP contribution is 2.12. The van der Waals surface area contributed by atoms with Crippen molar-refractivity contribution in [3.8, 4) is 5.75 Å². The van der Waals surface area contributed by atoms with Crippen LogP contribution in [-0.2, 0) is 25.6 Å². The molecule has 1 aromatic carbocycles. The molecule has 1 aromatic rings. The van der Waals surface area contributed by atoms with Crippen molar-refractivity contribution in [3.63, 3.8) is 0 Å². The van der Waals surface area contributed by atoms with Crippen molar-refractivity contribution in [1.82, 2.24) is 16.0 Å². The van der Waals surface area contributed by atoms with E-state index in [0.717, 1.165) is 0 Å². The number of hydrogen-bond acceptors (Lipinski definition) is 8. The maximum Gasteiger partial charge on any atom is 0.326 e. The molecule has 0 saturated heterocycles. The van der Waals surface area contributed by atoms with Gasteiger partial charge in [0.2, 0.25) is 17.7 Å². The molecule has 38 heavy (non-hydrogen) atoms. The molecule has 0 saturated carbocycles. The molecule has 0 bridgehead atoms. The third-order valence-electron chi connectivity index (χ3n) is 5.45. The van der Waals surface area contributed by atoms with Crippen molar-refractivity contribution in [2.24, 2.45) is 28.1 Å². The molecule has 0 spiro atoms. The van der Waals surface area contributed by atoms with Crippen molar-refractivity contribution < 1.29 is 29.4 Å². The molecule has 13 nitrogen and oxygen atoms in total. The van der Waals surface area contributed by atoms with Gasteiger partial charge in [0.05, 0.1) is 6.04 Å². The van der Waals surface area contributed by atoms with E-state index >= 15 is 0 Å². The van der Waals surface area contributed by atoms with Crippen LogP contribution in [-0.4, -0.2) is 76.3 Å². The van der Waals surface area contributed by atoms with Gasteiger partial charge in [0, 0.05) is 18.7 Å². The predicted molar refractivity (Wildman–Crippen MR) is 146 cm³/mol. The summed E-state index contributed by atoms with van der Waals surface area (Å²) in [7, 11) is 0. The molecule has 0 aliphatic rings. The van der Waals surface area contributed by atoms with E-state index in [9.17, 15) is 29.4 Å². The van der Waals surface area contributed by atoms with Crippen molar-refractivity contribution in [2.75, 3.05) is 12.3 Å². The van der Waals surface area contributed by atoms with E-state index in [1.807, 2.05) is 13.8 Å². The Hall–Kier alpha value is -3.52. The Morgan fingerprint density at radius 1 is 0.947 bits per heavy atom. The fourth-order valence-corrected chi connectivity index (χ4v) is 3.69. The predicted octanol–water partition coefficient (Wildman–Crippen LogP) is -1.17. The first kappa shape index (κ1) is 32.5. The number of benzene rings is 1. The number of carboxylic acids is 1. The number of phenols is 1. The molecule has 0 radical (unpaired) electrons. The zero-order valence-electron chi connectivity index (χ0n) is 21.6. The van der Waals surface area contributed by atoms with E-state index in [1.54, 1.807) is 12.1 Å². The number of aliphatic carboxylic acids is 1. The van der Waals surface area contributed by atoms with Crippen LogP contribution < -0.4 is 33.2 Å². The third-order valence-corrected chi connectivity index (χ3v) is 5.82. The Morgan fingerprint density at radius 2 is 1.50 bits per heavy atom. The van der Waals surface area contributed by atoms with Crippen LogP contribution in [0.25, 0.3) is 0 Å². The minimum absolute atomic E-state index is 0.00835. The van der Waals surface area contributed by atoms with E-state index < -0.39 is 47.9 Å². The molecule has 14 heteroatoms. The van der Waals surface area contributed by atoms with Gasteiger partial charge in [0.15, 0.2) is 5.96 Å². The number of nitrogens with zero attached hydrogens (tertiary/aromatic N) is 1. The van der Waals surface area contributed by atoms with Crippen LogP contribution in [0.2, 0.25) is 0 Å². The number of nitrogens with two attached hydrogens (primary N) is 3. The fourth-order valence-electron chi connectivity index (χ4n) is 3.44. The SMILES string of the molecule is CC(C)CC(NC(=O)C(CS)NC(=O)C(Cc1ccc(O)cc1)NC(=O)C(N)CCCN=C(N)N)C(=O)O. The Labute approximate surface area is 227 Å². The average molecular weight is 554 g/mol. The Balaban J connectivity index is 2.98. The van der Waals surface area contributed by atoms with Crippen LogP contribution in [0.5, 0.6) is 5.75 Å². The van der Waals surface area contributed by atoms with Crippen molar-refractivity contribution in [3.05, 3.63) is 29.8 Å². The number of hydrogen-bond donors (Lipinski definition) is 9. The van der Waals surface area contributed by atoms with E-state index in [0.29, 0.717) is 12.0 Å². The van der Waals surface area contributed by atoms with Gasteiger partial charge in [-0.2, -0.15) is 12.6 Å². The summed E-state index contributed by atoms with van der Waals surface area (Å²) in [4.78, 5) is 54.0. The molecule has 3 amide bonds. The summed E-state index contributed by atoms with van der Waals surface area (Å²) in [5, 5.41) is 26.5. The molecule has 0 heterocycles.